The first-order valence-corrected chi connectivity index (χ1v) is 9.31. The van der Waals surface area contributed by atoms with Crippen molar-refractivity contribution in [3.05, 3.63) is 0 Å². The summed E-state index contributed by atoms with van der Waals surface area (Å²) in [6.07, 6.45) is 15.3. The van der Waals surface area contributed by atoms with Crippen LogP contribution in [0.3, 0.4) is 0 Å². The Morgan fingerprint density at radius 1 is 0.636 bits per heavy atom. The van der Waals surface area contributed by atoms with Crippen LogP contribution in [0.5, 0.6) is 0 Å². The maximum absolute atomic E-state index is 9.85. The van der Waals surface area contributed by atoms with Gasteiger partial charge in [0, 0.05) is 6.42 Å². The van der Waals surface area contributed by atoms with E-state index in [0.717, 1.165) is 44.9 Å². The third kappa shape index (κ3) is 17.9. The molecule has 0 aromatic rings. The predicted molar refractivity (Wildman–Crippen MR) is 90.3 cm³/mol. The number of aliphatic hydroxyl groups excluding tert-OH is 1. The van der Waals surface area contributed by atoms with Crippen molar-refractivity contribution in [3.8, 4) is 0 Å². The molecule has 1 atom stereocenters. The topological polar surface area (TPSA) is 80.9 Å². The first kappa shape index (κ1) is 21.8. The van der Waals surface area contributed by atoms with Gasteiger partial charge in [0.1, 0.15) is 0 Å². The summed E-state index contributed by atoms with van der Waals surface area (Å²) in [7, 11) is 0. The standard InChI is InChI=1S/C18H38O4/c1-2-3-4-11-14-17(19)15-12-9-7-5-6-8-10-13-16-18(20,21)22/h17,19-22H,2-16H2,1H3. The van der Waals surface area contributed by atoms with Gasteiger partial charge in [-0.05, 0) is 19.3 Å². The summed E-state index contributed by atoms with van der Waals surface area (Å²) in [6.45, 7) is 2.20. The fraction of sp³-hybridized carbons (Fsp3) is 1.00. The molecule has 0 fully saturated rings. The minimum Gasteiger partial charge on any atom is -0.393 e. The van der Waals surface area contributed by atoms with Gasteiger partial charge in [0.15, 0.2) is 0 Å². The Hall–Kier alpha value is -0.160. The lowest BCUT2D eigenvalue weighted by Gasteiger charge is -2.13. The zero-order valence-electron chi connectivity index (χ0n) is 14.5. The molecular formula is C18H38O4. The van der Waals surface area contributed by atoms with Crippen LogP contribution in [0.4, 0.5) is 0 Å². The van der Waals surface area contributed by atoms with Crippen molar-refractivity contribution in [1.29, 1.82) is 0 Å². The number of unbranched alkanes of at least 4 members (excludes halogenated alkanes) is 10. The second-order valence-electron chi connectivity index (χ2n) is 6.64. The van der Waals surface area contributed by atoms with E-state index in [-0.39, 0.29) is 12.5 Å². The summed E-state index contributed by atoms with van der Waals surface area (Å²) in [5, 5.41) is 36.1. The molecule has 0 aliphatic rings. The first-order valence-electron chi connectivity index (χ1n) is 9.31. The Balaban J connectivity index is 3.16. The summed E-state index contributed by atoms with van der Waals surface area (Å²) in [6, 6.07) is 0. The van der Waals surface area contributed by atoms with Crippen LogP contribution in [-0.4, -0.2) is 32.5 Å². The smallest absolute Gasteiger partial charge is 0.275 e. The molecule has 134 valence electrons. The fourth-order valence-corrected chi connectivity index (χ4v) is 2.75. The molecule has 1 unspecified atom stereocenters. The maximum Gasteiger partial charge on any atom is 0.275 e. The second kappa shape index (κ2) is 14.4. The van der Waals surface area contributed by atoms with Crippen LogP contribution < -0.4 is 0 Å². The molecule has 0 rings (SSSR count). The van der Waals surface area contributed by atoms with E-state index in [9.17, 15) is 5.11 Å². The van der Waals surface area contributed by atoms with Gasteiger partial charge < -0.3 is 20.4 Å². The lowest BCUT2D eigenvalue weighted by Crippen LogP contribution is -2.26. The van der Waals surface area contributed by atoms with E-state index in [1.54, 1.807) is 0 Å². The molecule has 0 amide bonds. The third-order valence-corrected chi connectivity index (χ3v) is 4.19. The van der Waals surface area contributed by atoms with Gasteiger partial charge in [-0.2, -0.15) is 0 Å². The average molecular weight is 318 g/mol. The Labute approximate surface area is 136 Å². The first-order chi connectivity index (χ1) is 10.5. The molecule has 0 saturated carbocycles. The van der Waals surface area contributed by atoms with Crippen molar-refractivity contribution < 1.29 is 20.4 Å². The number of hydrogen-bond acceptors (Lipinski definition) is 4. The van der Waals surface area contributed by atoms with Gasteiger partial charge in [-0.1, -0.05) is 77.6 Å². The lowest BCUT2D eigenvalue weighted by atomic mass is 10.0. The quantitative estimate of drug-likeness (QED) is 0.257. The van der Waals surface area contributed by atoms with Gasteiger partial charge in [0.2, 0.25) is 0 Å². The number of rotatable bonds is 16. The molecule has 0 saturated heterocycles. The summed E-state index contributed by atoms with van der Waals surface area (Å²) < 4.78 is 0. The summed E-state index contributed by atoms with van der Waals surface area (Å²) in [5.41, 5.74) is 0. The van der Waals surface area contributed by atoms with E-state index in [1.165, 1.54) is 38.5 Å². The minimum atomic E-state index is -2.49. The molecule has 0 aromatic heterocycles. The van der Waals surface area contributed by atoms with Gasteiger partial charge >= 0.3 is 0 Å². The van der Waals surface area contributed by atoms with Crippen LogP contribution in [0.15, 0.2) is 0 Å². The normalized spacial score (nSPS) is 13.5. The SMILES string of the molecule is CCCCCCC(O)CCCCCCCCCCC(O)(O)O. The van der Waals surface area contributed by atoms with Crippen LogP contribution in [0.2, 0.25) is 0 Å². The van der Waals surface area contributed by atoms with E-state index in [0.29, 0.717) is 6.42 Å². The van der Waals surface area contributed by atoms with E-state index >= 15 is 0 Å². The van der Waals surface area contributed by atoms with E-state index in [1.807, 2.05) is 0 Å². The van der Waals surface area contributed by atoms with Crippen molar-refractivity contribution in [2.24, 2.45) is 0 Å². The van der Waals surface area contributed by atoms with Crippen LogP contribution in [0.1, 0.15) is 103 Å². The third-order valence-electron chi connectivity index (χ3n) is 4.19. The minimum absolute atomic E-state index is 0.0309. The van der Waals surface area contributed by atoms with Crippen LogP contribution in [0, 0.1) is 0 Å². The monoisotopic (exact) mass is 318 g/mol. The highest BCUT2D eigenvalue weighted by atomic mass is 16.7. The maximum atomic E-state index is 9.85. The van der Waals surface area contributed by atoms with Crippen molar-refractivity contribution in [1.82, 2.24) is 0 Å². The van der Waals surface area contributed by atoms with Gasteiger partial charge in [-0.3, -0.25) is 0 Å². The molecule has 0 aromatic carbocycles. The highest BCUT2D eigenvalue weighted by Crippen LogP contribution is 2.15. The molecule has 4 N–H and O–H groups in total. The second-order valence-corrected chi connectivity index (χ2v) is 6.64. The van der Waals surface area contributed by atoms with Gasteiger partial charge in [-0.15, -0.1) is 0 Å². The Morgan fingerprint density at radius 3 is 1.50 bits per heavy atom. The number of aliphatic hydroxyl groups is 4. The average Bonchev–Trinajstić information content (AvgIpc) is 2.44. The Morgan fingerprint density at radius 2 is 1.05 bits per heavy atom. The lowest BCUT2D eigenvalue weighted by molar-refractivity contribution is -0.315. The summed E-state index contributed by atoms with van der Waals surface area (Å²) in [4.78, 5) is 0. The molecule has 22 heavy (non-hydrogen) atoms. The molecule has 0 spiro atoms. The molecule has 4 heteroatoms. The zero-order valence-corrected chi connectivity index (χ0v) is 14.5. The Kier molecular flexibility index (Phi) is 14.3. The summed E-state index contributed by atoms with van der Waals surface area (Å²) in [5.74, 6) is -2.49. The fourth-order valence-electron chi connectivity index (χ4n) is 2.75. The van der Waals surface area contributed by atoms with Crippen molar-refractivity contribution >= 4 is 0 Å². The molecular weight excluding hydrogens is 280 g/mol. The zero-order chi connectivity index (χ0) is 16.7. The van der Waals surface area contributed by atoms with Crippen molar-refractivity contribution in [3.63, 3.8) is 0 Å². The molecule has 4 nitrogen and oxygen atoms in total. The Bertz CT molecular complexity index is 226. The molecule has 0 heterocycles. The van der Waals surface area contributed by atoms with E-state index in [4.69, 9.17) is 15.3 Å². The van der Waals surface area contributed by atoms with Gasteiger partial charge in [-0.25, -0.2) is 0 Å². The van der Waals surface area contributed by atoms with Crippen LogP contribution in [0.25, 0.3) is 0 Å². The van der Waals surface area contributed by atoms with Gasteiger partial charge in [0.05, 0.1) is 6.10 Å². The highest BCUT2D eigenvalue weighted by molar-refractivity contribution is 4.57. The molecule has 0 radical (unpaired) electrons. The van der Waals surface area contributed by atoms with E-state index < -0.39 is 5.97 Å². The van der Waals surface area contributed by atoms with Crippen LogP contribution in [-0.2, 0) is 0 Å². The largest absolute Gasteiger partial charge is 0.393 e. The molecule has 0 aliphatic carbocycles. The summed E-state index contributed by atoms with van der Waals surface area (Å²) >= 11 is 0. The van der Waals surface area contributed by atoms with Gasteiger partial charge in [0.25, 0.3) is 5.97 Å². The van der Waals surface area contributed by atoms with Crippen molar-refractivity contribution in [2.75, 3.05) is 0 Å². The predicted octanol–water partition coefficient (Wildman–Crippen LogP) is 3.85. The molecule has 0 bridgehead atoms. The highest BCUT2D eigenvalue weighted by Gasteiger charge is 2.16. The van der Waals surface area contributed by atoms with Crippen molar-refractivity contribution in [2.45, 2.75) is 115 Å². The molecule has 0 aliphatic heterocycles. The van der Waals surface area contributed by atoms with E-state index in [2.05, 4.69) is 6.92 Å². The number of hydrogen-bond donors (Lipinski definition) is 4. The van der Waals surface area contributed by atoms with Crippen LogP contribution >= 0.6 is 0 Å².